The van der Waals surface area contributed by atoms with Crippen molar-refractivity contribution in [2.24, 2.45) is 5.92 Å². The summed E-state index contributed by atoms with van der Waals surface area (Å²) >= 11 is 6.37. The predicted molar refractivity (Wildman–Crippen MR) is 90.9 cm³/mol. The molecule has 4 rings (SSSR count). The Morgan fingerprint density at radius 2 is 1.91 bits per heavy atom. The zero-order valence-corrected chi connectivity index (χ0v) is 13.0. The lowest BCUT2D eigenvalue weighted by atomic mass is 9.76. The van der Waals surface area contributed by atoms with Crippen LogP contribution in [0.3, 0.4) is 0 Å². The Balaban J connectivity index is 1.86. The van der Waals surface area contributed by atoms with E-state index in [-0.39, 0.29) is 28.5 Å². The first-order chi connectivity index (χ1) is 11.2. The molecule has 1 aliphatic carbocycles. The Labute approximate surface area is 138 Å². The molecule has 0 unspecified atom stereocenters. The molecule has 4 nitrogen and oxygen atoms in total. The molecule has 0 saturated heterocycles. The SMILES string of the molecule is O=[N+]([O-])c1ccccc1[C@H]1Nc2c(Cl)cccc2[C@@H]2C=CC[C@@H]12. The number of nitro benzene ring substituents is 1. The van der Waals surface area contributed by atoms with Gasteiger partial charge in [-0.25, -0.2) is 0 Å². The summed E-state index contributed by atoms with van der Waals surface area (Å²) in [6.07, 6.45) is 5.26. The van der Waals surface area contributed by atoms with E-state index >= 15 is 0 Å². The van der Waals surface area contributed by atoms with Crippen molar-refractivity contribution in [3.05, 3.63) is 80.9 Å². The molecule has 0 fully saturated rings. The van der Waals surface area contributed by atoms with Gasteiger partial charge < -0.3 is 5.32 Å². The molecule has 2 aromatic carbocycles. The number of hydrogen-bond acceptors (Lipinski definition) is 3. The average molecular weight is 327 g/mol. The average Bonchev–Trinajstić information content (AvgIpc) is 3.04. The van der Waals surface area contributed by atoms with Crippen molar-refractivity contribution in [2.75, 3.05) is 5.32 Å². The van der Waals surface area contributed by atoms with Crippen molar-refractivity contribution in [1.82, 2.24) is 0 Å². The van der Waals surface area contributed by atoms with E-state index in [1.807, 2.05) is 24.3 Å². The molecule has 0 aromatic heterocycles. The minimum Gasteiger partial charge on any atom is -0.376 e. The highest BCUT2D eigenvalue weighted by Gasteiger charge is 2.40. The number of fused-ring (bicyclic) bond motifs is 3. The maximum atomic E-state index is 11.4. The molecule has 0 spiro atoms. The zero-order chi connectivity index (χ0) is 16.0. The third-order valence-electron chi connectivity index (χ3n) is 4.81. The fourth-order valence-corrected chi connectivity index (χ4v) is 4.04. The van der Waals surface area contributed by atoms with Gasteiger partial charge in [0.25, 0.3) is 5.69 Å². The molecule has 0 saturated carbocycles. The highest BCUT2D eigenvalue weighted by molar-refractivity contribution is 6.33. The Kier molecular flexibility index (Phi) is 3.34. The van der Waals surface area contributed by atoms with E-state index in [2.05, 4.69) is 23.5 Å². The monoisotopic (exact) mass is 326 g/mol. The third-order valence-corrected chi connectivity index (χ3v) is 5.13. The van der Waals surface area contributed by atoms with Crippen LogP contribution >= 0.6 is 11.6 Å². The van der Waals surface area contributed by atoms with Gasteiger partial charge in [0.2, 0.25) is 0 Å². The van der Waals surface area contributed by atoms with Crippen molar-refractivity contribution in [3.63, 3.8) is 0 Å². The van der Waals surface area contributed by atoms with Gasteiger partial charge in [-0.05, 0) is 24.0 Å². The summed E-state index contributed by atoms with van der Waals surface area (Å²) in [6, 6.07) is 12.7. The van der Waals surface area contributed by atoms with Gasteiger partial charge in [0.15, 0.2) is 0 Å². The molecule has 0 radical (unpaired) electrons. The normalized spacial score (nSPS) is 24.7. The first-order valence-corrected chi connectivity index (χ1v) is 7.99. The number of para-hydroxylation sites is 2. The summed E-state index contributed by atoms with van der Waals surface area (Å²) in [5, 5.41) is 15.5. The Morgan fingerprint density at radius 1 is 1.13 bits per heavy atom. The predicted octanol–water partition coefficient (Wildman–Crippen LogP) is 5.07. The zero-order valence-electron chi connectivity index (χ0n) is 12.3. The minimum absolute atomic E-state index is 0.121. The number of nitrogens with one attached hydrogen (secondary N) is 1. The fourth-order valence-electron chi connectivity index (χ4n) is 3.81. The van der Waals surface area contributed by atoms with Gasteiger partial charge in [-0.3, -0.25) is 10.1 Å². The third kappa shape index (κ3) is 2.21. The summed E-state index contributed by atoms with van der Waals surface area (Å²) in [4.78, 5) is 11.1. The van der Waals surface area contributed by atoms with Crippen LogP contribution in [0.2, 0.25) is 5.02 Å². The number of nitro groups is 1. The van der Waals surface area contributed by atoms with Crippen LogP contribution in [0.4, 0.5) is 11.4 Å². The van der Waals surface area contributed by atoms with Crippen LogP contribution in [-0.4, -0.2) is 4.92 Å². The van der Waals surface area contributed by atoms with E-state index in [9.17, 15) is 10.1 Å². The number of rotatable bonds is 2. The van der Waals surface area contributed by atoms with Crippen LogP contribution < -0.4 is 5.32 Å². The molecular weight excluding hydrogens is 312 g/mol. The summed E-state index contributed by atoms with van der Waals surface area (Å²) in [7, 11) is 0. The minimum atomic E-state index is -0.309. The van der Waals surface area contributed by atoms with Crippen LogP contribution in [0, 0.1) is 16.0 Å². The van der Waals surface area contributed by atoms with E-state index in [1.54, 1.807) is 12.1 Å². The number of benzene rings is 2. The number of anilines is 1. The summed E-state index contributed by atoms with van der Waals surface area (Å²) in [6.45, 7) is 0. The standard InChI is InChI=1S/C18H15ClN2O2/c19-15-9-4-8-13-11-6-3-7-12(11)17(20-18(13)15)14-5-1-2-10-16(14)21(22)23/h1-6,8-12,17,20H,7H2/t11-,12-,17+/m1/s1. The second kappa shape index (κ2) is 5.39. The molecule has 0 amide bonds. The molecule has 0 bridgehead atoms. The summed E-state index contributed by atoms with van der Waals surface area (Å²) in [5.41, 5.74) is 2.95. The van der Waals surface area contributed by atoms with Gasteiger partial charge in [-0.1, -0.05) is 54.1 Å². The van der Waals surface area contributed by atoms with Crippen LogP contribution in [0.5, 0.6) is 0 Å². The van der Waals surface area contributed by atoms with Crippen molar-refractivity contribution in [3.8, 4) is 0 Å². The van der Waals surface area contributed by atoms with Crippen LogP contribution in [0.25, 0.3) is 0 Å². The summed E-state index contributed by atoms with van der Waals surface area (Å²) in [5.74, 6) is 0.511. The largest absolute Gasteiger partial charge is 0.376 e. The number of hydrogen-bond donors (Lipinski definition) is 1. The highest BCUT2D eigenvalue weighted by Crippen LogP contribution is 2.52. The van der Waals surface area contributed by atoms with Crippen molar-refractivity contribution >= 4 is 23.0 Å². The van der Waals surface area contributed by atoms with Gasteiger partial charge in [-0.15, -0.1) is 0 Å². The molecule has 2 aliphatic rings. The van der Waals surface area contributed by atoms with Crippen molar-refractivity contribution in [2.45, 2.75) is 18.4 Å². The second-order valence-corrected chi connectivity index (χ2v) is 6.40. The number of nitrogens with zero attached hydrogens (tertiary/aromatic N) is 1. The first kappa shape index (κ1) is 14.3. The van der Waals surface area contributed by atoms with Crippen molar-refractivity contribution in [1.29, 1.82) is 0 Å². The molecule has 5 heteroatoms. The van der Waals surface area contributed by atoms with Crippen LogP contribution in [-0.2, 0) is 0 Å². The molecule has 116 valence electrons. The molecule has 2 aromatic rings. The Hall–Kier alpha value is -2.33. The van der Waals surface area contributed by atoms with Gasteiger partial charge in [-0.2, -0.15) is 0 Å². The second-order valence-electron chi connectivity index (χ2n) is 6.00. The molecule has 1 N–H and O–H groups in total. The van der Waals surface area contributed by atoms with Gasteiger partial charge in [0.05, 0.1) is 27.2 Å². The maximum Gasteiger partial charge on any atom is 0.274 e. The van der Waals surface area contributed by atoms with E-state index in [4.69, 9.17) is 11.6 Å². The lowest BCUT2D eigenvalue weighted by molar-refractivity contribution is -0.385. The number of halogens is 1. The lowest BCUT2D eigenvalue weighted by Crippen LogP contribution is -2.29. The quantitative estimate of drug-likeness (QED) is 0.476. The molecule has 23 heavy (non-hydrogen) atoms. The fraction of sp³-hybridized carbons (Fsp3) is 0.222. The van der Waals surface area contributed by atoms with Crippen LogP contribution in [0.15, 0.2) is 54.6 Å². The first-order valence-electron chi connectivity index (χ1n) is 7.61. The molecular formula is C18H15ClN2O2. The molecule has 1 heterocycles. The highest BCUT2D eigenvalue weighted by atomic mass is 35.5. The van der Waals surface area contributed by atoms with E-state index in [1.165, 1.54) is 5.56 Å². The Bertz CT molecular complexity index is 818. The molecule has 3 atom stereocenters. The van der Waals surface area contributed by atoms with Gasteiger partial charge >= 0.3 is 0 Å². The number of allylic oxidation sites excluding steroid dienone is 2. The van der Waals surface area contributed by atoms with Gasteiger partial charge in [0, 0.05) is 12.0 Å². The molecule has 1 aliphatic heterocycles. The van der Waals surface area contributed by atoms with E-state index < -0.39 is 0 Å². The Morgan fingerprint density at radius 3 is 2.74 bits per heavy atom. The van der Waals surface area contributed by atoms with Crippen LogP contribution in [0.1, 0.15) is 29.5 Å². The topological polar surface area (TPSA) is 55.2 Å². The van der Waals surface area contributed by atoms with E-state index in [0.29, 0.717) is 5.02 Å². The van der Waals surface area contributed by atoms with E-state index in [0.717, 1.165) is 17.7 Å². The van der Waals surface area contributed by atoms with Gasteiger partial charge in [0.1, 0.15) is 0 Å². The smallest absolute Gasteiger partial charge is 0.274 e. The van der Waals surface area contributed by atoms with Crippen molar-refractivity contribution < 1.29 is 4.92 Å². The maximum absolute atomic E-state index is 11.4. The lowest BCUT2D eigenvalue weighted by Gasteiger charge is -2.37. The summed E-state index contributed by atoms with van der Waals surface area (Å²) < 4.78 is 0.